The molecular weight excluding hydrogens is 296 g/mol. The van der Waals surface area contributed by atoms with E-state index in [0.717, 1.165) is 15.6 Å². The number of carbonyl (C=O) groups excluding carboxylic acids is 1. The van der Waals surface area contributed by atoms with Gasteiger partial charge in [-0.15, -0.1) is 0 Å². The summed E-state index contributed by atoms with van der Waals surface area (Å²) in [4.78, 5) is 12.0. The molecule has 0 spiro atoms. The van der Waals surface area contributed by atoms with E-state index < -0.39 is 0 Å². The van der Waals surface area contributed by atoms with Crippen molar-refractivity contribution in [3.63, 3.8) is 0 Å². The number of hydrogen-bond donors (Lipinski definition) is 3. The number of halogens is 1. The molecule has 1 heterocycles. The smallest absolute Gasteiger partial charge is 0.251 e. The molecule has 0 radical (unpaired) electrons. The molecule has 0 bridgehead atoms. The Morgan fingerprint density at radius 3 is 2.89 bits per heavy atom. The highest BCUT2D eigenvalue weighted by Crippen LogP contribution is 2.15. The Morgan fingerprint density at radius 2 is 2.28 bits per heavy atom. The number of anilines is 1. The first-order valence-electron chi connectivity index (χ1n) is 5.39. The molecule has 0 fully saturated rings. The molecule has 94 valence electrons. The molecule has 1 aromatic heterocycles. The number of aryl methyl sites for hydroxylation is 1. The summed E-state index contributed by atoms with van der Waals surface area (Å²) in [7, 11) is 0. The zero-order chi connectivity index (χ0) is 13.1. The van der Waals surface area contributed by atoms with Crippen molar-refractivity contribution in [2.24, 2.45) is 0 Å². The zero-order valence-corrected chi connectivity index (χ0v) is 11.4. The van der Waals surface area contributed by atoms with Crippen molar-refractivity contribution in [3.05, 3.63) is 45.6 Å². The van der Waals surface area contributed by atoms with Crippen molar-refractivity contribution in [3.8, 4) is 0 Å². The van der Waals surface area contributed by atoms with Gasteiger partial charge in [-0.25, -0.2) is 0 Å². The molecule has 0 atom stereocenters. The van der Waals surface area contributed by atoms with Gasteiger partial charge in [-0.2, -0.15) is 5.10 Å². The van der Waals surface area contributed by atoms with Gasteiger partial charge in [0.25, 0.3) is 5.91 Å². The molecule has 1 aromatic carbocycles. The first-order valence-corrected chi connectivity index (χ1v) is 6.18. The number of nitrogens with zero attached hydrogens (tertiary/aromatic N) is 1. The van der Waals surface area contributed by atoms with Gasteiger partial charge in [0, 0.05) is 22.1 Å². The van der Waals surface area contributed by atoms with Gasteiger partial charge in [-0.3, -0.25) is 9.89 Å². The van der Waals surface area contributed by atoms with E-state index in [1.807, 2.05) is 19.1 Å². The average molecular weight is 309 g/mol. The van der Waals surface area contributed by atoms with Crippen LogP contribution in [0.15, 0.2) is 28.9 Å². The number of aromatic amines is 1. The van der Waals surface area contributed by atoms with Gasteiger partial charge in [0.05, 0.1) is 6.20 Å². The van der Waals surface area contributed by atoms with E-state index in [1.165, 1.54) is 0 Å². The van der Waals surface area contributed by atoms with E-state index in [0.29, 0.717) is 17.9 Å². The molecule has 0 unspecified atom stereocenters. The Labute approximate surface area is 113 Å². The van der Waals surface area contributed by atoms with Crippen molar-refractivity contribution in [1.29, 1.82) is 0 Å². The zero-order valence-electron chi connectivity index (χ0n) is 9.83. The van der Waals surface area contributed by atoms with Crippen LogP contribution in [0, 0.1) is 6.92 Å². The van der Waals surface area contributed by atoms with Gasteiger partial charge in [0.1, 0.15) is 5.82 Å². The Hall–Kier alpha value is -1.82. The topological polar surface area (TPSA) is 83.8 Å². The SMILES string of the molecule is Cc1cc(Br)cc(C(=O)NCc2cn[nH]c2N)c1. The number of nitrogens with two attached hydrogens (primary N) is 1. The molecule has 2 aromatic rings. The van der Waals surface area contributed by atoms with Crippen molar-refractivity contribution < 1.29 is 4.79 Å². The lowest BCUT2D eigenvalue weighted by molar-refractivity contribution is 0.0951. The number of amides is 1. The van der Waals surface area contributed by atoms with Crippen LogP contribution >= 0.6 is 15.9 Å². The van der Waals surface area contributed by atoms with E-state index in [1.54, 1.807) is 12.3 Å². The Morgan fingerprint density at radius 1 is 1.50 bits per heavy atom. The molecule has 0 saturated carbocycles. The lowest BCUT2D eigenvalue weighted by Gasteiger charge is -2.06. The summed E-state index contributed by atoms with van der Waals surface area (Å²) in [6.45, 7) is 2.29. The minimum absolute atomic E-state index is 0.139. The van der Waals surface area contributed by atoms with Crippen LogP contribution in [0.25, 0.3) is 0 Å². The van der Waals surface area contributed by atoms with Crippen LogP contribution in [0.4, 0.5) is 5.82 Å². The van der Waals surface area contributed by atoms with Gasteiger partial charge in [-0.05, 0) is 30.7 Å². The predicted octanol–water partition coefficient (Wildman–Crippen LogP) is 1.99. The Bertz CT molecular complexity index is 559. The second-order valence-corrected chi connectivity index (χ2v) is 4.92. The minimum atomic E-state index is -0.139. The van der Waals surface area contributed by atoms with E-state index in [2.05, 4.69) is 31.4 Å². The maximum Gasteiger partial charge on any atom is 0.251 e. The summed E-state index contributed by atoms with van der Waals surface area (Å²) < 4.78 is 0.885. The highest BCUT2D eigenvalue weighted by Gasteiger charge is 2.08. The first kappa shape index (κ1) is 12.6. The molecule has 0 aliphatic heterocycles. The van der Waals surface area contributed by atoms with Crippen molar-refractivity contribution in [2.75, 3.05) is 5.73 Å². The van der Waals surface area contributed by atoms with Gasteiger partial charge in [0.15, 0.2) is 0 Å². The van der Waals surface area contributed by atoms with Crippen molar-refractivity contribution in [1.82, 2.24) is 15.5 Å². The number of benzene rings is 1. The summed E-state index contributed by atoms with van der Waals surface area (Å²) in [5.41, 5.74) is 8.05. The standard InChI is InChI=1S/C12H13BrN4O/c1-7-2-8(4-10(13)3-7)12(18)15-5-9-6-16-17-11(9)14/h2-4,6H,5H2,1H3,(H,15,18)(H3,14,16,17). The molecule has 18 heavy (non-hydrogen) atoms. The number of aromatic nitrogens is 2. The number of nitrogens with one attached hydrogen (secondary N) is 2. The van der Waals surface area contributed by atoms with Crippen LogP contribution in [-0.4, -0.2) is 16.1 Å². The Balaban J connectivity index is 2.06. The first-order chi connectivity index (χ1) is 8.56. The lowest BCUT2D eigenvalue weighted by Crippen LogP contribution is -2.23. The molecular formula is C12H13BrN4O. The molecule has 2 rings (SSSR count). The van der Waals surface area contributed by atoms with Gasteiger partial charge < -0.3 is 11.1 Å². The summed E-state index contributed by atoms with van der Waals surface area (Å²) >= 11 is 3.37. The van der Waals surface area contributed by atoms with E-state index >= 15 is 0 Å². The molecule has 6 heteroatoms. The third kappa shape index (κ3) is 2.89. The number of nitrogen functional groups attached to an aromatic ring is 1. The van der Waals surface area contributed by atoms with E-state index in [-0.39, 0.29) is 5.91 Å². The monoisotopic (exact) mass is 308 g/mol. The van der Waals surface area contributed by atoms with Crippen molar-refractivity contribution in [2.45, 2.75) is 13.5 Å². The molecule has 0 saturated heterocycles. The minimum Gasteiger partial charge on any atom is -0.384 e. The number of H-pyrrole nitrogens is 1. The highest BCUT2D eigenvalue weighted by atomic mass is 79.9. The Kier molecular flexibility index (Phi) is 3.66. The average Bonchev–Trinajstić information content (AvgIpc) is 2.70. The van der Waals surface area contributed by atoms with Crippen LogP contribution in [0.3, 0.4) is 0 Å². The third-order valence-electron chi connectivity index (χ3n) is 2.50. The van der Waals surface area contributed by atoms with Gasteiger partial charge in [-0.1, -0.05) is 15.9 Å². The van der Waals surface area contributed by atoms with Gasteiger partial charge >= 0.3 is 0 Å². The maximum atomic E-state index is 12.0. The second kappa shape index (κ2) is 5.22. The fraction of sp³-hybridized carbons (Fsp3) is 0.167. The largest absolute Gasteiger partial charge is 0.384 e. The quantitative estimate of drug-likeness (QED) is 0.811. The maximum absolute atomic E-state index is 12.0. The number of hydrogen-bond acceptors (Lipinski definition) is 3. The fourth-order valence-electron chi connectivity index (χ4n) is 1.61. The fourth-order valence-corrected chi connectivity index (χ4v) is 2.21. The summed E-state index contributed by atoms with van der Waals surface area (Å²) in [5, 5.41) is 9.21. The normalized spacial score (nSPS) is 10.3. The third-order valence-corrected chi connectivity index (χ3v) is 2.95. The van der Waals surface area contributed by atoms with Crippen LogP contribution in [0.2, 0.25) is 0 Å². The van der Waals surface area contributed by atoms with E-state index in [9.17, 15) is 4.79 Å². The number of rotatable bonds is 3. The van der Waals surface area contributed by atoms with Crippen LogP contribution < -0.4 is 11.1 Å². The lowest BCUT2D eigenvalue weighted by atomic mass is 10.1. The predicted molar refractivity (Wildman–Crippen MR) is 73.0 cm³/mol. The molecule has 0 aliphatic rings. The van der Waals surface area contributed by atoms with Crippen molar-refractivity contribution >= 4 is 27.7 Å². The summed E-state index contributed by atoms with van der Waals surface area (Å²) in [6.07, 6.45) is 1.60. The van der Waals surface area contributed by atoms with Crippen LogP contribution in [0.5, 0.6) is 0 Å². The van der Waals surface area contributed by atoms with E-state index in [4.69, 9.17) is 5.73 Å². The molecule has 5 nitrogen and oxygen atoms in total. The molecule has 4 N–H and O–H groups in total. The summed E-state index contributed by atoms with van der Waals surface area (Å²) in [6, 6.07) is 5.56. The second-order valence-electron chi connectivity index (χ2n) is 4.01. The van der Waals surface area contributed by atoms with Crippen LogP contribution in [0.1, 0.15) is 21.5 Å². The summed E-state index contributed by atoms with van der Waals surface area (Å²) in [5.74, 6) is 0.334. The highest BCUT2D eigenvalue weighted by molar-refractivity contribution is 9.10. The number of carbonyl (C=O) groups is 1. The van der Waals surface area contributed by atoms with Gasteiger partial charge in [0.2, 0.25) is 0 Å². The molecule has 0 aliphatic carbocycles. The van der Waals surface area contributed by atoms with Crippen LogP contribution in [-0.2, 0) is 6.54 Å². The molecule has 1 amide bonds.